The number of sulfonamides is 1. The van der Waals surface area contributed by atoms with E-state index in [1.165, 1.54) is 42.3 Å². The van der Waals surface area contributed by atoms with Gasteiger partial charge in [-0.3, -0.25) is 13.9 Å². The minimum absolute atomic E-state index is 0.0203. The van der Waals surface area contributed by atoms with Crippen LogP contribution in [0.1, 0.15) is 25.0 Å². The molecule has 3 rings (SSSR count). The highest BCUT2D eigenvalue weighted by molar-refractivity contribution is 7.92. The summed E-state index contributed by atoms with van der Waals surface area (Å²) in [5.74, 6) is -0.398. The van der Waals surface area contributed by atoms with Gasteiger partial charge in [0.1, 0.15) is 18.3 Å². The van der Waals surface area contributed by atoms with Gasteiger partial charge in [-0.25, -0.2) is 8.42 Å². The first-order valence-electron chi connectivity index (χ1n) is 12.2. The Morgan fingerprint density at radius 1 is 1.03 bits per heavy atom. The highest BCUT2D eigenvalue weighted by Gasteiger charge is 2.33. The molecule has 1 atom stereocenters. The molecule has 0 saturated carbocycles. The molecule has 11 heteroatoms. The van der Waals surface area contributed by atoms with Crippen molar-refractivity contribution < 1.29 is 22.7 Å². The minimum Gasteiger partial charge on any atom is -0.497 e. The Labute approximate surface area is 239 Å². The van der Waals surface area contributed by atoms with E-state index in [0.29, 0.717) is 17.9 Å². The summed E-state index contributed by atoms with van der Waals surface area (Å²) in [5, 5.41) is 3.07. The number of carbonyl (C=O) groups excluding carboxylic acids is 2. The van der Waals surface area contributed by atoms with Gasteiger partial charge in [0, 0.05) is 18.1 Å². The SMILES string of the molecule is CCNC(=O)[C@H](C)N(Cc1cccc(OC)c1)C(=O)CN(c1cc(Cl)ccc1Cl)S(=O)(=O)c1ccc(C)cc1. The van der Waals surface area contributed by atoms with E-state index in [-0.39, 0.29) is 33.1 Å². The van der Waals surface area contributed by atoms with E-state index in [0.717, 1.165) is 9.87 Å². The maximum Gasteiger partial charge on any atom is 0.264 e. The maximum atomic E-state index is 13.9. The van der Waals surface area contributed by atoms with Gasteiger partial charge in [0.25, 0.3) is 10.0 Å². The number of likely N-dealkylation sites (N-methyl/N-ethyl adjacent to an activating group) is 1. The standard InChI is InChI=1S/C28H31Cl2N3O5S/c1-5-31-28(35)20(3)32(17-21-7-6-8-23(15-21)38-4)27(34)18-33(26-16-22(29)11-14-25(26)30)39(36,37)24-12-9-19(2)10-13-24/h6-16,20H,5,17-18H2,1-4H3,(H,31,35)/t20-/m0/s1. The van der Waals surface area contributed by atoms with Crippen molar-refractivity contribution in [3.05, 3.63) is 87.9 Å². The molecular weight excluding hydrogens is 561 g/mol. The average molecular weight is 593 g/mol. The monoisotopic (exact) mass is 591 g/mol. The predicted molar refractivity (Wildman–Crippen MR) is 154 cm³/mol. The van der Waals surface area contributed by atoms with E-state index in [1.54, 1.807) is 50.2 Å². The lowest BCUT2D eigenvalue weighted by Gasteiger charge is -2.32. The van der Waals surface area contributed by atoms with E-state index in [1.807, 2.05) is 6.92 Å². The molecule has 8 nitrogen and oxygen atoms in total. The Balaban J connectivity index is 2.08. The summed E-state index contributed by atoms with van der Waals surface area (Å²) in [5.41, 5.74) is 1.62. The van der Waals surface area contributed by atoms with Gasteiger partial charge >= 0.3 is 0 Å². The molecule has 0 spiro atoms. The number of carbonyl (C=O) groups is 2. The molecule has 3 aromatic carbocycles. The van der Waals surface area contributed by atoms with Crippen molar-refractivity contribution in [2.24, 2.45) is 0 Å². The average Bonchev–Trinajstić information content (AvgIpc) is 2.91. The van der Waals surface area contributed by atoms with E-state index >= 15 is 0 Å². The summed E-state index contributed by atoms with van der Waals surface area (Å²) in [7, 11) is -2.73. The Kier molecular flexibility index (Phi) is 10.2. The number of benzene rings is 3. The molecule has 0 unspecified atom stereocenters. The Bertz CT molecular complexity index is 1430. The molecule has 39 heavy (non-hydrogen) atoms. The Morgan fingerprint density at radius 3 is 2.36 bits per heavy atom. The molecule has 0 aliphatic rings. The lowest BCUT2D eigenvalue weighted by molar-refractivity contribution is -0.139. The highest BCUT2D eigenvalue weighted by atomic mass is 35.5. The number of hydrogen-bond donors (Lipinski definition) is 1. The number of anilines is 1. The molecule has 0 radical (unpaired) electrons. The van der Waals surface area contributed by atoms with Crippen LogP contribution in [0.3, 0.4) is 0 Å². The fourth-order valence-corrected chi connectivity index (χ4v) is 5.76. The van der Waals surface area contributed by atoms with E-state index in [9.17, 15) is 18.0 Å². The van der Waals surface area contributed by atoms with Crippen molar-refractivity contribution in [2.75, 3.05) is 24.5 Å². The van der Waals surface area contributed by atoms with Crippen LogP contribution in [0.5, 0.6) is 5.75 Å². The lowest BCUT2D eigenvalue weighted by atomic mass is 10.1. The van der Waals surface area contributed by atoms with Crippen molar-refractivity contribution in [3.8, 4) is 5.75 Å². The number of aryl methyl sites for hydroxylation is 1. The largest absolute Gasteiger partial charge is 0.497 e. The normalized spacial score (nSPS) is 11.9. The third-order valence-electron chi connectivity index (χ3n) is 6.07. The van der Waals surface area contributed by atoms with Crippen molar-refractivity contribution in [2.45, 2.75) is 38.3 Å². The first-order valence-corrected chi connectivity index (χ1v) is 14.4. The molecule has 0 saturated heterocycles. The summed E-state index contributed by atoms with van der Waals surface area (Å²) < 4.78 is 34.0. The van der Waals surface area contributed by atoms with Gasteiger partial charge in [-0.15, -0.1) is 0 Å². The number of hydrogen-bond acceptors (Lipinski definition) is 5. The summed E-state index contributed by atoms with van der Waals surface area (Å²) in [6, 6.07) is 16.8. The van der Waals surface area contributed by atoms with Crippen LogP contribution < -0.4 is 14.4 Å². The highest BCUT2D eigenvalue weighted by Crippen LogP contribution is 2.33. The van der Waals surface area contributed by atoms with Crippen molar-refractivity contribution in [1.29, 1.82) is 0 Å². The van der Waals surface area contributed by atoms with Gasteiger partial charge in [-0.2, -0.15) is 0 Å². The predicted octanol–water partition coefficient (Wildman–Crippen LogP) is 5.06. The number of methoxy groups -OCH3 is 1. The molecule has 3 aromatic rings. The smallest absolute Gasteiger partial charge is 0.264 e. The zero-order valence-corrected chi connectivity index (χ0v) is 24.5. The summed E-state index contributed by atoms with van der Waals surface area (Å²) in [4.78, 5) is 28.0. The number of nitrogens with zero attached hydrogens (tertiary/aromatic N) is 2. The van der Waals surface area contributed by atoms with Crippen LogP contribution in [0.2, 0.25) is 10.0 Å². The number of rotatable bonds is 11. The molecule has 0 fully saturated rings. The van der Waals surface area contributed by atoms with Crippen LogP contribution in [0.4, 0.5) is 5.69 Å². The van der Waals surface area contributed by atoms with Gasteiger partial charge in [0.15, 0.2) is 0 Å². The third-order valence-corrected chi connectivity index (χ3v) is 8.40. The van der Waals surface area contributed by atoms with E-state index < -0.39 is 28.5 Å². The molecule has 0 bridgehead atoms. The molecule has 0 aromatic heterocycles. The number of nitrogens with one attached hydrogen (secondary N) is 1. The summed E-state index contributed by atoms with van der Waals surface area (Å²) >= 11 is 12.6. The quantitative estimate of drug-likeness (QED) is 0.336. The lowest BCUT2D eigenvalue weighted by Crippen LogP contribution is -2.51. The van der Waals surface area contributed by atoms with E-state index in [4.69, 9.17) is 27.9 Å². The summed E-state index contributed by atoms with van der Waals surface area (Å²) in [6.45, 7) is 4.99. The van der Waals surface area contributed by atoms with Gasteiger partial charge in [0.05, 0.1) is 22.7 Å². The molecule has 0 aliphatic carbocycles. The minimum atomic E-state index is -4.26. The Morgan fingerprint density at radius 2 is 1.72 bits per heavy atom. The second kappa shape index (κ2) is 13.2. The second-order valence-corrected chi connectivity index (χ2v) is 11.6. The van der Waals surface area contributed by atoms with Gasteiger partial charge in [-0.05, 0) is 68.8 Å². The van der Waals surface area contributed by atoms with Crippen molar-refractivity contribution >= 4 is 50.7 Å². The first kappa shape index (κ1) is 30.3. The van der Waals surface area contributed by atoms with Crippen LogP contribution in [0.25, 0.3) is 0 Å². The summed E-state index contributed by atoms with van der Waals surface area (Å²) in [6.07, 6.45) is 0. The molecule has 208 valence electrons. The first-order chi connectivity index (χ1) is 18.5. The van der Waals surface area contributed by atoms with Gasteiger partial charge in [0.2, 0.25) is 11.8 Å². The molecule has 0 heterocycles. The van der Waals surface area contributed by atoms with Gasteiger partial charge < -0.3 is 15.0 Å². The number of halogens is 2. The van der Waals surface area contributed by atoms with Crippen molar-refractivity contribution in [3.63, 3.8) is 0 Å². The van der Waals surface area contributed by atoms with Gasteiger partial charge in [-0.1, -0.05) is 53.0 Å². The second-order valence-electron chi connectivity index (χ2n) is 8.86. The van der Waals surface area contributed by atoms with Crippen LogP contribution in [-0.2, 0) is 26.2 Å². The van der Waals surface area contributed by atoms with E-state index in [2.05, 4.69) is 5.32 Å². The topological polar surface area (TPSA) is 96.0 Å². The fourth-order valence-electron chi connectivity index (χ4n) is 3.90. The zero-order valence-electron chi connectivity index (χ0n) is 22.1. The third kappa shape index (κ3) is 7.44. The van der Waals surface area contributed by atoms with Crippen LogP contribution in [0, 0.1) is 6.92 Å². The number of ether oxygens (including phenoxy) is 1. The van der Waals surface area contributed by atoms with Crippen LogP contribution >= 0.6 is 23.2 Å². The molecule has 1 N–H and O–H groups in total. The van der Waals surface area contributed by atoms with Crippen molar-refractivity contribution in [1.82, 2.24) is 10.2 Å². The number of amides is 2. The Hall–Kier alpha value is -3.27. The fraction of sp³-hybridized carbons (Fsp3) is 0.286. The zero-order chi connectivity index (χ0) is 28.7. The van der Waals surface area contributed by atoms with Crippen LogP contribution in [0.15, 0.2) is 71.6 Å². The van der Waals surface area contributed by atoms with Crippen LogP contribution in [-0.4, -0.2) is 51.4 Å². The molecular formula is C28H31Cl2N3O5S. The maximum absolute atomic E-state index is 13.9. The molecule has 0 aliphatic heterocycles. The molecule has 2 amide bonds.